The molecule has 0 unspecified atom stereocenters. The summed E-state index contributed by atoms with van der Waals surface area (Å²) in [6, 6.07) is 8.91. The lowest BCUT2D eigenvalue weighted by atomic mass is 9.88. The molecule has 0 bridgehead atoms. The molecule has 0 saturated carbocycles. The Hall–Kier alpha value is -3.08. The number of alkyl halides is 1. The third kappa shape index (κ3) is 3.87. The molecule has 0 spiro atoms. The van der Waals surface area contributed by atoms with Crippen molar-refractivity contribution in [1.82, 2.24) is 0 Å². The van der Waals surface area contributed by atoms with E-state index < -0.39 is 28.6 Å². The summed E-state index contributed by atoms with van der Waals surface area (Å²) in [4.78, 5) is 12.5. The van der Waals surface area contributed by atoms with Gasteiger partial charge in [0.25, 0.3) is 5.69 Å². The van der Waals surface area contributed by atoms with E-state index in [-0.39, 0.29) is 16.8 Å². The highest BCUT2D eigenvalue weighted by molar-refractivity contribution is 5.65. The summed E-state index contributed by atoms with van der Waals surface area (Å²) in [5.74, 6) is -2.13. The molecule has 5 nitrogen and oxygen atoms in total. The lowest BCUT2D eigenvalue weighted by Crippen LogP contribution is -2.35. The van der Waals surface area contributed by atoms with Gasteiger partial charge < -0.3 is 4.90 Å². The van der Waals surface area contributed by atoms with Gasteiger partial charge in [0.1, 0.15) is 23.5 Å². The topological polar surface area (TPSA) is 70.2 Å². The molecule has 0 aromatic heterocycles. The van der Waals surface area contributed by atoms with Crippen molar-refractivity contribution in [2.24, 2.45) is 5.92 Å². The summed E-state index contributed by atoms with van der Waals surface area (Å²) in [6.07, 6.45) is -0.826. The highest BCUT2D eigenvalue weighted by Crippen LogP contribution is 2.38. The van der Waals surface area contributed by atoms with Crippen LogP contribution in [0.25, 0.3) is 0 Å². The number of hydrogen-bond donors (Lipinski definition) is 0. The van der Waals surface area contributed by atoms with Gasteiger partial charge in [-0.2, -0.15) is 5.26 Å². The van der Waals surface area contributed by atoms with E-state index in [2.05, 4.69) is 0 Å². The van der Waals surface area contributed by atoms with E-state index in [0.29, 0.717) is 37.7 Å². The molecule has 0 amide bonds. The smallest absolute Gasteiger partial charge is 0.293 e. The molecule has 3 rings (SSSR count). The van der Waals surface area contributed by atoms with E-state index in [9.17, 15) is 23.3 Å². The Morgan fingerprint density at radius 3 is 2.48 bits per heavy atom. The van der Waals surface area contributed by atoms with Gasteiger partial charge in [0.15, 0.2) is 0 Å². The highest BCUT2D eigenvalue weighted by Gasteiger charge is 2.31. The molecule has 1 fully saturated rings. The minimum absolute atomic E-state index is 0.167. The minimum Gasteiger partial charge on any atom is -0.366 e. The number of nitro benzene ring substituents is 1. The van der Waals surface area contributed by atoms with Gasteiger partial charge in [0, 0.05) is 30.8 Å². The quantitative estimate of drug-likeness (QED) is 0.575. The third-order valence-corrected chi connectivity index (χ3v) is 4.85. The average Bonchev–Trinajstić information content (AvgIpc) is 2.67. The van der Waals surface area contributed by atoms with E-state index in [1.165, 1.54) is 18.2 Å². The van der Waals surface area contributed by atoms with Crippen molar-refractivity contribution in [2.75, 3.05) is 18.0 Å². The number of benzene rings is 2. The zero-order valence-electron chi connectivity index (χ0n) is 14.2. The van der Waals surface area contributed by atoms with Gasteiger partial charge in [0.2, 0.25) is 0 Å². The summed E-state index contributed by atoms with van der Waals surface area (Å²) in [5, 5.41) is 20.2. The first-order valence-electron chi connectivity index (χ1n) is 8.43. The van der Waals surface area contributed by atoms with Crippen molar-refractivity contribution in [1.29, 1.82) is 5.26 Å². The third-order valence-electron chi connectivity index (χ3n) is 4.85. The van der Waals surface area contributed by atoms with E-state index in [1.807, 2.05) is 6.07 Å². The first-order chi connectivity index (χ1) is 12.9. The van der Waals surface area contributed by atoms with Crippen LogP contribution in [0.4, 0.5) is 24.5 Å². The van der Waals surface area contributed by atoms with Gasteiger partial charge in [-0.25, -0.2) is 13.2 Å². The fourth-order valence-corrected chi connectivity index (χ4v) is 3.42. The highest BCUT2D eigenvalue weighted by atomic mass is 19.1. The number of nitriles is 1. The van der Waals surface area contributed by atoms with Crippen molar-refractivity contribution in [3.63, 3.8) is 0 Å². The number of anilines is 1. The van der Waals surface area contributed by atoms with Crippen LogP contribution in [0.15, 0.2) is 36.4 Å². The van der Waals surface area contributed by atoms with Crippen LogP contribution in [0.5, 0.6) is 0 Å². The summed E-state index contributed by atoms with van der Waals surface area (Å²) in [5.41, 5.74) is 0.227. The minimum atomic E-state index is -1.57. The zero-order valence-corrected chi connectivity index (χ0v) is 14.2. The number of rotatable bonds is 4. The zero-order chi connectivity index (χ0) is 19.6. The van der Waals surface area contributed by atoms with Crippen LogP contribution >= 0.6 is 0 Å². The van der Waals surface area contributed by atoms with E-state index in [4.69, 9.17) is 5.26 Å². The molecule has 8 heteroatoms. The summed E-state index contributed by atoms with van der Waals surface area (Å²) in [6.45, 7) is 0.723. The van der Waals surface area contributed by atoms with Crippen LogP contribution in [-0.4, -0.2) is 18.0 Å². The Bertz CT molecular complexity index is 906. The second kappa shape index (κ2) is 7.66. The second-order valence-corrected chi connectivity index (χ2v) is 6.46. The van der Waals surface area contributed by atoms with Gasteiger partial charge in [-0.05, 0) is 37.0 Å². The summed E-state index contributed by atoms with van der Waals surface area (Å²) >= 11 is 0. The first-order valence-corrected chi connectivity index (χ1v) is 8.43. The summed E-state index contributed by atoms with van der Waals surface area (Å²) < 4.78 is 41.5. The molecule has 1 aliphatic rings. The maximum absolute atomic E-state index is 14.7. The van der Waals surface area contributed by atoms with Gasteiger partial charge in [0.05, 0.1) is 16.6 Å². The number of piperidine rings is 1. The van der Waals surface area contributed by atoms with Crippen molar-refractivity contribution >= 4 is 11.4 Å². The SMILES string of the molecule is N#Cc1ccc(N2CCC([C@H](F)c3ccc(F)cc3F)CC2)c([N+](=O)[O-])c1. The number of halogens is 3. The molecular weight excluding hydrogens is 359 g/mol. The Balaban J connectivity index is 1.74. The molecule has 2 aromatic carbocycles. The van der Waals surface area contributed by atoms with E-state index in [1.54, 1.807) is 4.90 Å². The van der Waals surface area contributed by atoms with E-state index in [0.717, 1.165) is 12.1 Å². The molecule has 27 heavy (non-hydrogen) atoms. The molecule has 1 atom stereocenters. The number of nitro groups is 1. The fraction of sp³-hybridized carbons (Fsp3) is 0.316. The Labute approximate surface area is 153 Å². The van der Waals surface area contributed by atoms with Crippen LogP contribution in [-0.2, 0) is 0 Å². The lowest BCUT2D eigenvalue weighted by Gasteiger charge is -2.34. The second-order valence-electron chi connectivity index (χ2n) is 6.46. The maximum Gasteiger partial charge on any atom is 0.293 e. The van der Waals surface area contributed by atoms with Crippen molar-refractivity contribution in [3.05, 3.63) is 69.3 Å². The van der Waals surface area contributed by atoms with Crippen LogP contribution in [0.3, 0.4) is 0 Å². The Morgan fingerprint density at radius 2 is 1.89 bits per heavy atom. The molecule has 140 valence electrons. The average molecular weight is 375 g/mol. The lowest BCUT2D eigenvalue weighted by molar-refractivity contribution is -0.384. The van der Waals surface area contributed by atoms with Gasteiger partial charge >= 0.3 is 0 Å². The van der Waals surface area contributed by atoms with Gasteiger partial charge in [-0.15, -0.1) is 0 Å². The van der Waals surface area contributed by atoms with Gasteiger partial charge in [-0.1, -0.05) is 6.07 Å². The van der Waals surface area contributed by atoms with Crippen molar-refractivity contribution < 1.29 is 18.1 Å². The monoisotopic (exact) mass is 375 g/mol. The largest absolute Gasteiger partial charge is 0.366 e. The Kier molecular flexibility index (Phi) is 5.31. The van der Waals surface area contributed by atoms with Crippen LogP contribution in [0, 0.1) is 39.0 Å². The predicted octanol–water partition coefficient (Wildman–Crippen LogP) is 4.67. The molecule has 1 saturated heterocycles. The van der Waals surface area contributed by atoms with Gasteiger partial charge in [-0.3, -0.25) is 10.1 Å². The molecule has 1 aliphatic heterocycles. The number of hydrogen-bond acceptors (Lipinski definition) is 4. The first kappa shape index (κ1) is 18.7. The van der Waals surface area contributed by atoms with Crippen LogP contribution in [0.1, 0.15) is 30.1 Å². The van der Waals surface area contributed by atoms with Crippen LogP contribution < -0.4 is 4.90 Å². The predicted molar refractivity (Wildman–Crippen MR) is 93.0 cm³/mol. The molecule has 0 radical (unpaired) electrons. The van der Waals surface area contributed by atoms with Crippen molar-refractivity contribution in [2.45, 2.75) is 19.0 Å². The van der Waals surface area contributed by atoms with Crippen LogP contribution in [0.2, 0.25) is 0 Å². The van der Waals surface area contributed by atoms with Crippen molar-refractivity contribution in [3.8, 4) is 6.07 Å². The summed E-state index contributed by atoms with van der Waals surface area (Å²) in [7, 11) is 0. The fourth-order valence-electron chi connectivity index (χ4n) is 3.42. The Morgan fingerprint density at radius 1 is 1.19 bits per heavy atom. The normalized spacial score (nSPS) is 16.0. The standard InChI is InChI=1S/C19H16F3N3O2/c20-14-2-3-15(16(21)10-14)19(22)13-5-7-24(8-6-13)17-4-1-12(11-23)9-18(17)25(26)27/h1-4,9-10,13,19H,5-8H2/t19-/m0/s1. The molecular formula is C19H16F3N3O2. The van der Waals surface area contributed by atoms with E-state index >= 15 is 0 Å². The molecule has 0 aliphatic carbocycles. The molecule has 2 aromatic rings. The number of nitrogens with zero attached hydrogens (tertiary/aromatic N) is 3. The molecule has 1 heterocycles. The maximum atomic E-state index is 14.7. The molecule has 0 N–H and O–H groups in total.